The molecular formula is C10H10F4O2. The van der Waals surface area contributed by atoms with Gasteiger partial charge in [-0.15, -0.1) is 0 Å². The third-order valence-corrected chi connectivity index (χ3v) is 1.89. The van der Waals surface area contributed by atoms with Gasteiger partial charge in [-0.2, -0.15) is 13.2 Å². The molecule has 2 nitrogen and oxygen atoms in total. The Balaban J connectivity index is 3.25. The van der Waals surface area contributed by atoms with E-state index in [-0.39, 0.29) is 0 Å². The predicted molar refractivity (Wildman–Crippen MR) is 48.8 cm³/mol. The van der Waals surface area contributed by atoms with Crippen LogP contribution in [0.1, 0.15) is 15.8 Å². The van der Waals surface area contributed by atoms with E-state index in [4.69, 9.17) is 4.11 Å². The standard InChI is InChI=1S/C10H10F4O2/c1-15-8-5-6(11)3-4-7(8)9(16-2)10(12,13)14/h3-5,9H,1-2H3/i2D3. The minimum Gasteiger partial charge on any atom is -0.496 e. The molecule has 1 unspecified atom stereocenters. The van der Waals surface area contributed by atoms with Crippen LogP contribution in [0.25, 0.3) is 0 Å². The summed E-state index contributed by atoms with van der Waals surface area (Å²) in [5.41, 5.74) is -0.604. The van der Waals surface area contributed by atoms with Crippen LogP contribution in [0.4, 0.5) is 17.6 Å². The van der Waals surface area contributed by atoms with E-state index in [1.54, 1.807) is 0 Å². The molecule has 0 spiro atoms. The third kappa shape index (κ3) is 2.63. The van der Waals surface area contributed by atoms with E-state index in [9.17, 15) is 17.6 Å². The number of rotatable bonds is 3. The van der Waals surface area contributed by atoms with Crippen LogP contribution in [-0.4, -0.2) is 20.3 Å². The molecule has 0 bridgehead atoms. The smallest absolute Gasteiger partial charge is 0.418 e. The van der Waals surface area contributed by atoms with E-state index in [0.29, 0.717) is 0 Å². The van der Waals surface area contributed by atoms with Crippen LogP contribution >= 0.6 is 0 Å². The van der Waals surface area contributed by atoms with Crippen LogP contribution in [0.3, 0.4) is 0 Å². The molecule has 1 aromatic carbocycles. The predicted octanol–water partition coefficient (Wildman–Crippen LogP) is 3.08. The highest BCUT2D eigenvalue weighted by Gasteiger charge is 2.42. The number of ether oxygens (including phenoxy) is 2. The van der Waals surface area contributed by atoms with Crippen LogP contribution in [-0.2, 0) is 4.74 Å². The number of methoxy groups -OCH3 is 2. The molecule has 0 N–H and O–H groups in total. The van der Waals surface area contributed by atoms with Gasteiger partial charge in [0, 0.05) is 18.7 Å². The molecule has 1 atom stereocenters. The molecule has 0 amide bonds. The Morgan fingerprint density at radius 3 is 2.56 bits per heavy atom. The lowest BCUT2D eigenvalue weighted by Crippen LogP contribution is -2.23. The lowest BCUT2D eigenvalue weighted by molar-refractivity contribution is -0.216. The lowest BCUT2D eigenvalue weighted by Gasteiger charge is -2.21. The van der Waals surface area contributed by atoms with Gasteiger partial charge in [-0.1, -0.05) is 0 Å². The second kappa shape index (κ2) is 4.69. The van der Waals surface area contributed by atoms with Gasteiger partial charge < -0.3 is 9.47 Å². The summed E-state index contributed by atoms with van der Waals surface area (Å²) in [6.45, 7) is 0. The zero-order chi connectivity index (χ0) is 14.8. The molecule has 0 aliphatic carbocycles. The van der Waals surface area contributed by atoms with Crippen LogP contribution in [0.15, 0.2) is 18.2 Å². The van der Waals surface area contributed by atoms with E-state index in [1.165, 1.54) is 0 Å². The molecule has 0 radical (unpaired) electrons. The van der Waals surface area contributed by atoms with Crippen molar-refractivity contribution in [3.8, 4) is 5.75 Å². The maximum Gasteiger partial charge on any atom is 0.418 e. The van der Waals surface area contributed by atoms with E-state index in [2.05, 4.69) is 9.47 Å². The Labute approximate surface area is 94.0 Å². The van der Waals surface area contributed by atoms with Gasteiger partial charge in [0.05, 0.1) is 11.2 Å². The van der Waals surface area contributed by atoms with Gasteiger partial charge in [-0.3, -0.25) is 0 Å². The van der Waals surface area contributed by atoms with Crippen molar-refractivity contribution in [3.63, 3.8) is 0 Å². The number of halogens is 4. The van der Waals surface area contributed by atoms with Gasteiger partial charge in [-0.25, -0.2) is 4.39 Å². The van der Waals surface area contributed by atoms with Gasteiger partial charge in [0.15, 0.2) is 6.10 Å². The van der Waals surface area contributed by atoms with E-state index in [1.807, 2.05) is 0 Å². The fraction of sp³-hybridized carbons (Fsp3) is 0.400. The van der Waals surface area contributed by atoms with Gasteiger partial charge >= 0.3 is 6.18 Å². The van der Waals surface area contributed by atoms with Gasteiger partial charge in [0.1, 0.15) is 11.6 Å². The van der Waals surface area contributed by atoms with Crippen molar-refractivity contribution < 1.29 is 31.1 Å². The highest BCUT2D eigenvalue weighted by atomic mass is 19.4. The van der Waals surface area contributed by atoms with E-state index >= 15 is 0 Å². The minimum absolute atomic E-state index is 0.438. The number of hydrogen-bond donors (Lipinski definition) is 0. The molecule has 0 fully saturated rings. The monoisotopic (exact) mass is 241 g/mol. The second-order valence-electron chi connectivity index (χ2n) is 2.93. The zero-order valence-corrected chi connectivity index (χ0v) is 8.14. The van der Waals surface area contributed by atoms with Crippen molar-refractivity contribution in [3.05, 3.63) is 29.6 Å². The molecule has 0 aliphatic rings. The minimum atomic E-state index is -4.97. The summed E-state index contributed by atoms with van der Waals surface area (Å²) in [6, 6.07) is 2.26. The Kier molecular flexibility index (Phi) is 2.58. The summed E-state index contributed by atoms with van der Waals surface area (Å²) in [6.07, 6.45) is -7.70. The van der Waals surface area contributed by atoms with E-state index in [0.717, 1.165) is 25.3 Å². The largest absolute Gasteiger partial charge is 0.496 e. The summed E-state index contributed by atoms with van der Waals surface area (Å²) in [5.74, 6) is -1.25. The molecule has 0 saturated heterocycles. The number of hydrogen-bond acceptors (Lipinski definition) is 2. The topological polar surface area (TPSA) is 18.5 Å². The van der Waals surface area contributed by atoms with Crippen molar-refractivity contribution in [1.82, 2.24) is 0 Å². The average molecular weight is 241 g/mol. The fourth-order valence-electron chi connectivity index (χ4n) is 1.21. The average Bonchev–Trinajstić information content (AvgIpc) is 2.23. The normalized spacial score (nSPS) is 17.2. The maximum absolute atomic E-state index is 12.9. The second-order valence-corrected chi connectivity index (χ2v) is 2.93. The van der Waals surface area contributed by atoms with Crippen molar-refractivity contribution in [2.24, 2.45) is 0 Å². The van der Waals surface area contributed by atoms with Crippen LogP contribution in [0.5, 0.6) is 5.75 Å². The highest BCUT2D eigenvalue weighted by Crippen LogP contribution is 2.39. The van der Waals surface area contributed by atoms with Crippen LogP contribution in [0, 0.1) is 5.82 Å². The Morgan fingerprint density at radius 2 is 2.06 bits per heavy atom. The first-order valence-corrected chi connectivity index (χ1v) is 4.12. The Bertz CT molecular complexity index is 445. The van der Waals surface area contributed by atoms with Crippen molar-refractivity contribution in [2.45, 2.75) is 12.3 Å². The lowest BCUT2D eigenvalue weighted by atomic mass is 10.1. The van der Waals surface area contributed by atoms with Gasteiger partial charge in [0.25, 0.3) is 0 Å². The van der Waals surface area contributed by atoms with Crippen molar-refractivity contribution >= 4 is 0 Å². The van der Waals surface area contributed by atoms with Gasteiger partial charge in [0.2, 0.25) is 0 Å². The van der Waals surface area contributed by atoms with Crippen molar-refractivity contribution in [1.29, 1.82) is 0 Å². The summed E-state index contributed by atoms with van der Waals surface area (Å²) >= 11 is 0. The molecule has 1 rings (SSSR count). The first-order chi connectivity index (χ1) is 8.54. The molecule has 0 aliphatic heterocycles. The van der Waals surface area contributed by atoms with Gasteiger partial charge in [-0.05, 0) is 12.1 Å². The first-order valence-electron chi connectivity index (χ1n) is 5.62. The molecular weight excluding hydrogens is 228 g/mol. The fourth-order valence-corrected chi connectivity index (χ4v) is 1.21. The van der Waals surface area contributed by atoms with E-state index < -0.39 is 36.4 Å². The molecule has 16 heavy (non-hydrogen) atoms. The summed E-state index contributed by atoms with van der Waals surface area (Å²) < 4.78 is 80.3. The Morgan fingerprint density at radius 1 is 1.38 bits per heavy atom. The molecule has 6 heteroatoms. The summed E-state index contributed by atoms with van der Waals surface area (Å²) in [5, 5.41) is 0. The van der Waals surface area contributed by atoms with Crippen molar-refractivity contribution in [2.75, 3.05) is 14.1 Å². The Hall–Kier alpha value is -1.30. The highest BCUT2D eigenvalue weighted by molar-refractivity contribution is 5.36. The molecule has 0 heterocycles. The SMILES string of the molecule is [2H]C([2H])([2H])OC(c1ccc(F)cc1OC)C(F)(F)F. The molecule has 1 aromatic rings. The maximum atomic E-state index is 12.9. The van der Waals surface area contributed by atoms with Crippen LogP contribution < -0.4 is 4.74 Å². The molecule has 90 valence electrons. The third-order valence-electron chi connectivity index (χ3n) is 1.89. The number of benzene rings is 1. The summed E-state index contributed by atoms with van der Waals surface area (Å²) in [4.78, 5) is 0. The van der Waals surface area contributed by atoms with Crippen LogP contribution in [0.2, 0.25) is 0 Å². The first kappa shape index (κ1) is 8.81. The summed E-state index contributed by atoms with van der Waals surface area (Å²) in [7, 11) is -2.21. The quantitative estimate of drug-likeness (QED) is 0.757. The molecule has 0 aromatic heterocycles. The zero-order valence-electron chi connectivity index (χ0n) is 11.1. The number of alkyl halides is 3. The molecule has 0 saturated carbocycles.